The Morgan fingerprint density at radius 2 is 2.08 bits per heavy atom. The summed E-state index contributed by atoms with van der Waals surface area (Å²) in [6, 6.07) is 8.57. The molecule has 1 atom stereocenters. The number of benzene rings is 2. The fraction of sp³-hybridized carbons (Fsp3) is 0.294. The molecular weight excluding hydrogens is 333 g/mol. The van der Waals surface area contributed by atoms with Gasteiger partial charge in [-0.05, 0) is 32.0 Å². The minimum atomic E-state index is -4.08. The lowest BCUT2D eigenvalue weighted by Crippen LogP contribution is -2.15. The molecule has 5 nitrogen and oxygen atoms in total. The maximum atomic E-state index is 13.8. The maximum absolute atomic E-state index is 13.8. The normalized spacial score (nSPS) is 16.4. The van der Waals surface area contributed by atoms with Crippen LogP contribution in [0.2, 0.25) is 0 Å². The summed E-state index contributed by atoms with van der Waals surface area (Å²) in [5.41, 5.74) is 1.19. The van der Waals surface area contributed by atoms with E-state index in [1.165, 1.54) is 18.2 Å². The molecule has 1 N–H and O–H groups in total. The predicted molar refractivity (Wildman–Crippen MR) is 88.6 cm³/mol. The lowest BCUT2D eigenvalue weighted by atomic mass is 10.1. The molecule has 7 heteroatoms. The Hall–Kier alpha value is -2.28. The minimum Gasteiger partial charge on any atom is -0.492 e. The minimum absolute atomic E-state index is 0.0212. The molecule has 0 saturated carbocycles. The van der Waals surface area contributed by atoms with Crippen LogP contribution in [0.4, 0.5) is 10.1 Å². The summed E-state index contributed by atoms with van der Waals surface area (Å²) >= 11 is 0. The zero-order valence-corrected chi connectivity index (χ0v) is 14.2. The van der Waals surface area contributed by atoms with Crippen molar-refractivity contribution < 1.29 is 22.3 Å². The van der Waals surface area contributed by atoms with Gasteiger partial charge in [-0.2, -0.15) is 0 Å². The smallest absolute Gasteiger partial charge is 0.264 e. The maximum Gasteiger partial charge on any atom is 0.264 e. The summed E-state index contributed by atoms with van der Waals surface area (Å²) in [7, 11) is -4.08. The van der Waals surface area contributed by atoms with E-state index in [0.717, 1.165) is 18.1 Å². The zero-order chi connectivity index (χ0) is 17.3. The number of hydrogen-bond donors (Lipinski definition) is 1. The van der Waals surface area contributed by atoms with Gasteiger partial charge in [0.05, 0.1) is 12.3 Å². The summed E-state index contributed by atoms with van der Waals surface area (Å²) in [5, 5.41) is 0. The second-order valence-corrected chi connectivity index (χ2v) is 7.21. The number of anilines is 1. The van der Waals surface area contributed by atoms with Crippen molar-refractivity contribution in [3.8, 4) is 11.5 Å². The highest BCUT2D eigenvalue weighted by Crippen LogP contribution is 2.39. The fourth-order valence-corrected chi connectivity index (χ4v) is 3.80. The number of sulfonamides is 1. The molecule has 0 spiro atoms. The van der Waals surface area contributed by atoms with Gasteiger partial charge in [0.15, 0.2) is 0 Å². The van der Waals surface area contributed by atoms with E-state index in [9.17, 15) is 12.8 Å². The Morgan fingerprint density at radius 3 is 2.79 bits per heavy atom. The summed E-state index contributed by atoms with van der Waals surface area (Å²) in [5.74, 6) is 0.194. The SMILES string of the molecule is CCOc1cc2c(cc1NS(=O)(=O)c1ccccc1F)O[C@@H](C)C2. The Morgan fingerprint density at radius 1 is 1.33 bits per heavy atom. The summed E-state index contributed by atoms with van der Waals surface area (Å²) in [4.78, 5) is -0.415. The molecular formula is C17H18FNO4S. The van der Waals surface area contributed by atoms with Crippen LogP contribution in [0.1, 0.15) is 19.4 Å². The van der Waals surface area contributed by atoms with Crippen molar-refractivity contribution in [2.45, 2.75) is 31.3 Å². The van der Waals surface area contributed by atoms with Crippen LogP contribution in [0.5, 0.6) is 11.5 Å². The van der Waals surface area contributed by atoms with E-state index in [1.54, 1.807) is 12.1 Å². The summed E-state index contributed by atoms with van der Waals surface area (Å²) < 4.78 is 52.4. The quantitative estimate of drug-likeness (QED) is 0.897. The second-order valence-electron chi connectivity index (χ2n) is 5.56. The largest absolute Gasteiger partial charge is 0.492 e. The number of fused-ring (bicyclic) bond motifs is 1. The highest BCUT2D eigenvalue weighted by atomic mass is 32.2. The fourth-order valence-electron chi connectivity index (χ4n) is 2.66. The Labute approximate surface area is 140 Å². The van der Waals surface area contributed by atoms with E-state index in [-0.39, 0.29) is 11.8 Å². The lowest BCUT2D eigenvalue weighted by molar-refractivity contribution is 0.254. The molecule has 0 bridgehead atoms. The number of nitrogens with one attached hydrogen (secondary N) is 1. The number of halogens is 1. The second kappa shape index (κ2) is 6.32. The van der Waals surface area contributed by atoms with Gasteiger partial charge in [-0.15, -0.1) is 0 Å². The average Bonchev–Trinajstić information content (AvgIpc) is 2.86. The number of ether oxygens (including phenoxy) is 2. The van der Waals surface area contributed by atoms with Gasteiger partial charge in [0.1, 0.15) is 28.3 Å². The van der Waals surface area contributed by atoms with Gasteiger partial charge in [-0.1, -0.05) is 12.1 Å². The van der Waals surface area contributed by atoms with Crippen LogP contribution in [-0.2, 0) is 16.4 Å². The van der Waals surface area contributed by atoms with Crippen LogP contribution in [-0.4, -0.2) is 21.1 Å². The first-order valence-corrected chi connectivity index (χ1v) is 9.12. The molecule has 0 aliphatic carbocycles. The van der Waals surface area contributed by atoms with E-state index >= 15 is 0 Å². The summed E-state index contributed by atoms with van der Waals surface area (Å²) in [6.07, 6.45) is 0.753. The third-order valence-corrected chi connectivity index (χ3v) is 5.07. The molecule has 128 valence electrons. The topological polar surface area (TPSA) is 64.6 Å². The third-order valence-electron chi connectivity index (χ3n) is 3.67. The van der Waals surface area contributed by atoms with E-state index in [0.29, 0.717) is 18.1 Å². The highest BCUT2D eigenvalue weighted by Gasteiger charge is 2.25. The molecule has 2 aromatic carbocycles. The first-order chi connectivity index (χ1) is 11.4. The molecule has 0 radical (unpaired) electrons. The van der Waals surface area contributed by atoms with Crippen molar-refractivity contribution in [2.24, 2.45) is 0 Å². The molecule has 0 saturated heterocycles. The van der Waals surface area contributed by atoms with Crippen molar-refractivity contribution >= 4 is 15.7 Å². The van der Waals surface area contributed by atoms with Crippen LogP contribution in [0.3, 0.4) is 0 Å². The van der Waals surface area contributed by atoms with Crippen molar-refractivity contribution in [2.75, 3.05) is 11.3 Å². The zero-order valence-electron chi connectivity index (χ0n) is 13.4. The van der Waals surface area contributed by atoms with Gasteiger partial charge < -0.3 is 9.47 Å². The van der Waals surface area contributed by atoms with Crippen LogP contribution in [0.25, 0.3) is 0 Å². The van der Waals surface area contributed by atoms with E-state index in [1.807, 2.05) is 13.8 Å². The van der Waals surface area contributed by atoms with E-state index < -0.39 is 20.7 Å². The Balaban J connectivity index is 2.00. The average molecular weight is 351 g/mol. The summed E-state index contributed by atoms with van der Waals surface area (Å²) in [6.45, 7) is 4.12. The molecule has 1 heterocycles. The van der Waals surface area contributed by atoms with Crippen molar-refractivity contribution in [1.82, 2.24) is 0 Å². The molecule has 24 heavy (non-hydrogen) atoms. The van der Waals surface area contributed by atoms with Crippen LogP contribution in [0, 0.1) is 5.82 Å². The van der Waals surface area contributed by atoms with Crippen molar-refractivity contribution in [1.29, 1.82) is 0 Å². The van der Waals surface area contributed by atoms with E-state index in [4.69, 9.17) is 9.47 Å². The number of hydrogen-bond acceptors (Lipinski definition) is 4. The first-order valence-electron chi connectivity index (χ1n) is 7.64. The molecule has 0 fully saturated rings. The monoisotopic (exact) mass is 351 g/mol. The predicted octanol–water partition coefficient (Wildman–Crippen LogP) is 3.35. The molecule has 1 aliphatic rings. The van der Waals surface area contributed by atoms with Gasteiger partial charge in [0.2, 0.25) is 0 Å². The van der Waals surface area contributed by atoms with Crippen LogP contribution >= 0.6 is 0 Å². The van der Waals surface area contributed by atoms with Gasteiger partial charge in [-0.25, -0.2) is 12.8 Å². The molecule has 0 unspecified atom stereocenters. The lowest BCUT2D eigenvalue weighted by Gasteiger charge is -2.15. The standard InChI is InChI=1S/C17H18FNO4S/c1-3-22-16-9-12-8-11(2)23-15(12)10-14(16)19-24(20,21)17-7-5-4-6-13(17)18/h4-7,9-11,19H,3,8H2,1-2H3/t11-/m0/s1. The van der Waals surface area contributed by atoms with Gasteiger partial charge in [0.25, 0.3) is 10.0 Å². The first kappa shape index (κ1) is 16.6. The molecule has 0 aromatic heterocycles. The van der Waals surface area contributed by atoms with E-state index in [2.05, 4.69) is 4.72 Å². The van der Waals surface area contributed by atoms with Gasteiger partial charge >= 0.3 is 0 Å². The number of rotatable bonds is 5. The Bertz CT molecular complexity index is 867. The van der Waals surface area contributed by atoms with Gasteiger partial charge in [-0.3, -0.25) is 4.72 Å². The molecule has 2 aromatic rings. The van der Waals surface area contributed by atoms with Crippen molar-refractivity contribution in [3.05, 3.63) is 47.8 Å². The van der Waals surface area contributed by atoms with Crippen LogP contribution < -0.4 is 14.2 Å². The molecule has 3 rings (SSSR count). The Kier molecular flexibility index (Phi) is 4.36. The van der Waals surface area contributed by atoms with Gasteiger partial charge in [0, 0.05) is 18.1 Å². The molecule has 0 amide bonds. The van der Waals surface area contributed by atoms with Crippen LogP contribution in [0.15, 0.2) is 41.3 Å². The molecule has 1 aliphatic heterocycles. The third kappa shape index (κ3) is 3.17. The highest BCUT2D eigenvalue weighted by molar-refractivity contribution is 7.92. The van der Waals surface area contributed by atoms with Crippen molar-refractivity contribution in [3.63, 3.8) is 0 Å².